The Morgan fingerprint density at radius 3 is 2.82 bits per heavy atom. The number of carboxylic acid groups (broad SMARTS) is 1. The van der Waals surface area contributed by atoms with Crippen molar-refractivity contribution >= 4 is 22.7 Å². The van der Waals surface area contributed by atoms with Gasteiger partial charge in [0.15, 0.2) is 17.6 Å². The van der Waals surface area contributed by atoms with Gasteiger partial charge in [0.05, 0.1) is 12.3 Å². The predicted molar refractivity (Wildman–Crippen MR) is 127 cm³/mol. The molecule has 8 heteroatoms. The van der Waals surface area contributed by atoms with Crippen molar-refractivity contribution in [3.05, 3.63) is 66.6 Å². The zero-order valence-electron chi connectivity index (χ0n) is 18.5. The molecule has 0 aliphatic rings. The number of aromatic amines is 1. The first-order valence-electron chi connectivity index (χ1n) is 10.8. The molecule has 0 radical (unpaired) electrons. The van der Waals surface area contributed by atoms with E-state index in [0.717, 1.165) is 35.6 Å². The first-order chi connectivity index (χ1) is 16.0. The molecule has 1 atom stereocenters. The van der Waals surface area contributed by atoms with Crippen LogP contribution in [0.4, 0.5) is 5.82 Å². The van der Waals surface area contributed by atoms with Crippen molar-refractivity contribution in [2.24, 2.45) is 0 Å². The molecule has 0 amide bonds. The summed E-state index contributed by atoms with van der Waals surface area (Å²) in [6.07, 6.45) is 3.33. The van der Waals surface area contributed by atoms with Crippen molar-refractivity contribution in [2.75, 3.05) is 18.5 Å². The monoisotopic (exact) mass is 446 g/mol. The van der Waals surface area contributed by atoms with Crippen LogP contribution in [0, 0.1) is 0 Å². The molecule has 3 N–H and O–H groups in total. The van der Waals surface area contributed by atoms with Crippen LogP contribution in [0.3, 0.4) is 0 Å². The Morgan fingerprint density at radius 1 is 1.12 bits per heavy atom. The third kappa shape index (κ3) is 5.41. The molecule has 1 unspecified atom stereocenters. The van der Waals surface area contributed by atoms with Crippen molar-refractivity contribution in [2.45, 2.75) is 26.4 Å². The van der Waals surface area contributed by atoms with E-state index >= 15 is 0 Å². The molecule has 0 saturated heterocycles. The molecular formula is C25H26N4O4. The fourth-order valence-electron chi connectivity index (χ4n) is 3.47. The van der Waals surface area contributed by atoms with Crippen molar-refractivity contribution in [3.8, 4) is 22.8 Å². The van der Waals surface area contributed by atoms with Gasteiger partial charge >= 0.3 is 5.97 Å². The fourth-order valence-corrected chi connectivity index (χ4v) is 3.47. The van der Waals surface area contributed by atoms with Crippen LogP contribution in [0.5, 0.6) is 11.5 Å². The SMILES string of the molecule is CCOc1cc(-c2cc(NCCc3ccc4cc[nH]c4c3)ncn2)ccc1OC(C)C(=O)O. The fraction of sp³-hybridized carbons (Fsp3) is 0.240. The summed E-state index contributed by atoms with van der Waals surface area (Å²) >= 11 is 0. The number of carboxylic acids is 1. The number of fused-ring (bicyclic) bond motifs is 1. The first kappa shape index (κ1) is 22.1. The highest BCUT2D eigenvalue weighted by atomic mass is 16.5. The molecule has 33 heavy (non-hydrogen) atoms. The van der Waals surface area contributed by atoms with Crippen LogP contribution in [0.15, 0.2) is 61.1 Å². The second kappa shape index (κ2) is 10.0. The van der Waals surface area contributed by atoms with Crippen LogP contribution in [0.1, 0.15) is 19.4 Å². The normalized spacial score (nSPS) is 11.8. The van der Waals surface area contributed by atoms with Crippen LogP contribution >= 0.6 is 0 Å². The molecule has 0 aliphatic heterocycles. The van der Waals surface area contributed by atoms with Crippen molar-refractivity contribution in [1.82, 2.24) is 15.0 Å². The Kier molecular flexibility index (Phi) is 6.73. The average Bonchev–Trinajstić information content (AvgIpc) is 3.28. The summed E-state index contributed by atoms with van der Waals surface area (Å²) in [4.78, 5) is 23.1. The van der Waals surface area contributed by atoms with Crippen LogP contribution in [0.25, 0.3) is 22.2 Å². The van der Waals surface area contributed by atoms with E-state index in [9.17, 15) is 4.79 Å². The molecule has 4 aromatic rings. The number of nitrogens with one attached hydrogen (secondary N) is 2. The highest BCUT2D eigenvalue weighted by Gasteiger charge is 2.16. The van der Waals surface area contributed by atoms with E-state index in [1.807, 2.05) is 25.3 Å². The van der Waals surface area contributed by atoms with Gasteiger partial charge in [-0.1, -0.05) is 12.1 Å². The van der Waals surface area contributed by atoms with Crippen LogP contribution in [0.2, 0.25) is 0 Å². The standard InChI is InChI=1S/C25H26N4O4/c1-3-32-23-13-19(6-7-22(23)33-16(2)25(30)31)21-14-24(29-15-28-21)27-10-8-17-4-5-18-9-11-26-20(18)12-17/h4-7,9,11-16,26H,3,8,10H2,1-2H3,(H,30,31)(H,27,28,29). The van der Waals surface area contributed by atoms with Crippen LogP contribution in [-0.2, 0) is 11.2 Å². The summed E-state index contributed by atoms with van der Waals surface area (Å²) in [5.41, 5.74) is 3.90. The topological polar surface area (TPSA) is 109 Å². The highest BCUT2D eigenvalue weighted by Crippen LogP contribution is 2.33. The summed E-state index contributed by atoms with van der Waals surface area (Å²) in [5, 5.41) is 13.7. The quantitative estimate of drug-likeness (QED) is 0.328. The Bertz CT molecular complexity index is 1250. The lowest BCUT2D eigenvalue weighted by Gasteiger charge is -2.15. The molecule has 0 fully saturated rings. The molecule has 8 nitrogen and oxygen atoms in total. The van der Waals surface area contributed by atoms with Gasteiger partial charge in [-0.05, 0) is 61.5 Å². The molecule has 4 rings (SSSR count). The second-order valence-corrected chi connectivity index (χ2v) is 7.56. The summed E-state index contributed by atoms with van der Waals surface area (Å²) in [6, 6.07) is 15.7. The molecule has 170 valence electrons. The maximum Gasteiger partial charge on any atom is 0.344 e. The average molecular weight is 447 g/mol. The van der Waals surface area contributed by atoms with Crippen molar-refractivity contribution in [3.63, 3.8) is 0 Å². The van der Waals surface area contributed by atoms with Gasteiger partial charge < -0.3 is 24.9 Å². The number of hydrogen-bond donors (Lipinski definition) is 3. The number of carbonyl (C=O) groups is 1. The summed E-state index contributed by atoms with van der Waals surface area (Å²) in [5.74, 6) is 0.525. The van der Waals surface area contributed by atoms with E-state index in [0.29, 0.717) is 18.1 Å². The Hall–Kier alpha value is -4.07. The van der Waals surface area contributed by atoms with Crippen LogP contribution in [-0.4, -0.2) is 45.3 Å². The van der Waals surface area contributed by atoms with Gasteiger partial charge in [0, 0.05) is 29.9 Å². The second-order valence-electron chi connectivity index (χ2n) is 7.56. The number of benzene rings is 2. The van der Waals surface area contributed by atoms with E-state index in [1.165, 1.54) is 24.2 Å². The number of aliphatic carboxylic acids is 1. The van der Waals surface area contributed by atoms with Gasteiger partial charge in [0.1, 0.15) is 12.1 Å². The molecular weight excluding hydrogens is 420 g/mol. The van der Waals surface area contributed by atoms with E-state index in [-0.39, 0.29) is 0 Å². The maximum atomic E-state index is 11.1. The van der Waals surface area contributed by atoms with E-state index in [1.54, 1.807) is 12.1 Å². The smallest absolute Gasteiger partial charge is 0.344 e. The number of ether oxygens (including phenoxy) is 2. The lowest BCUT2D eigenvalue weighted by molar-refractivity contribution is -0.144. The van der Waals surface area contributed by atoms with E-state index in [4.69, 9.17) is 14.6 Å². The number of rotatable bonds is 10. The van der Waals surface area contributed by atoms with Gasteiger partial charge in [0.25, 0.3) is 0 Å². The van der Waals surface area contributed by atoms with Gasteiger partial charge in [0.2, 0.25) is 0 Å². The number of hydrogen-bond acceptors (Lipinski definition) is 6. The van der Waals surface area contributed by atoms with Crippen LogP contribution < -0.4 is 14.8 Å². The molecule has 2 heterocycles. The lowest BCUT2D eigenvalue weighted by Crippen LogP contribution is -2.23. The van der Waals surface area contributed by atoms with Gasteiger partial charge in [-0.25, -0.2) is 14.8 Å². The zero-order chi connectivity index (χ0) is 23.2. The van der Waals surface area contributed by atoms with Crippen molar-refractivity contribution < 1.29 is 19.4 Å². The minimum Gasteiger partial charge on any atom is -0.490 e. The third-order valence-electron chi connectivity index (χ3n) is 5.20. The van der Waals surface area contributed by atoms with E-state index < -0.39 is 12.1 Å². The molecule has 0 bridgehead atoms. The summed E-state index contributed by atoms with van der Waals surface area (Å²) < 4.78 is 11.2. The Balaban J connectivity index is 1.45. The Labute approximate surface area is 191 Å². The van der Waals surface area contributed by atoms with Crippen molar-refractivity contribution in [1.29, 1.82) is 0 Å². The molecule has 0 saturated carbocycles. The summed E-state index contributed by atoms with van der Waals surface area (Å²) in [7, 11) is 0. The highest BCUT2D eigenvalue weighted by molar-refractivity contribution is 5.79. The zero-order valence-corrected chi connectivity index (χ0v) is 18.5. The number of anilines is 1. The Morgan fingerprint density at radius 2 is 2.00 bits per heavy atom. The molecule has 0 spiro atoms. The largest absolute Gasteiger partial charge is 0.490 e. The minimum atomic E-state index is -1.04. The molecule has 2 aromatic heterocycles. The molecule has 2 aromatic carbocycles. The number of H-pyrrole nitrogens is 1. The van der Waals surface area contributed by atoms with Gasteiger partial charge in [-0.15, -0.1) is 0 Å². The van der Waals surface area contributed by atoms with Gasteiger partial charge in [-0.3, -0.25) is 0 Å². The van der Waals surface area contributed by atoms with Gasteiger partial charge in [-0.2, -0.15) is 0 Å². The molecule has 0 aliphatic carbocycles. The summed E-state index contributed by atoms with van der Waals surface area (Å²) in [6.45, 7) is 4.49. The first-order valence-corrected chi connectivity index (χ1v) is 10.8. The van der Waals surface area contributed by atoms with E-state index in [2.05, 4.69) is 44.5 Å². The third-order valence-corrected chi connectivity index (χ3v) is 5.20. The number of nitrogens with zero attached hydrogens (tertiary/aromatic N) is 2. The number of aromatic nitrogens is 3. The maximum absolute atomic E-state index is 11.1. The lowest BCUT2D eigenvalue weighted by atomic mass is 10.1. The minimum absolute atomic E-state index is 0.377. The predicted octanol–water partition coefficient (Wildman–Crippen LogP) is 4.53.